The fourth-order valence-electron chi connectivity index (χ4n) is 2.78. The molecule has 1 atom stereocenters. The van der Waals surface area contributed by atoms with Crippen LogP contribution < -0.4 is 10.1 Å². The summed E-state index contributed by atoms with van der Waals surface area (Å²) in [5.74, 6) is 0.659. The first kappa shape index (κ1) is 17.0. The Balaban J connectivity index is 1.68. The van der Waals surface area contributed by atoms with Crippen LogP contribution in [0, 0.1) is 6.92 Å². The van der Waals surface area contributed by atoms with Crippen LogP contribution in [-0.4, -0.2) is 12.0 Å². The Morgan fingerprint density at radius 3 is 2.48 bits per heavy atom. The first-order valence-corrected chi connectivity index (χ1v) is 8.65. The molecule has 0 saturated heterocycles. The Kier molecular flexibility index (Phi) is 5.34. The monoisotopic (exact) mass is 333 g/mol. The molecule has 1 amide bonds. The van der Waals surface area contributed by atoms with Crippen molar-refractivity contribution in [1.82, 2.24) is 5.32 Å². The number of carbonyl (C=O) groups is 1. The summed E-state index contributed by atoms with van der Waals surface area (Å²) >= 11 is 0. The zero-order valence-electron chi connectivity index (χ0n) is 14.7. The molecule has 3 rings (SSSR count). The Morgan fingerprint density at radius 1 is 1.00 bits per heavy atom. The first-order chi connectivity index (χ1) is 12.2. The van der Waals surface area contributed by atoms with Gasteiger partial charge in [0, 0.05) is 11.9 Å². The molecule has 3 aromatic carbocycles. The Hall–Kier alpha value is -2.81. The molecule has 0 aromatic heterocycles. The van der Waals surface area contributed by atoms with Crippen LogP contribution in [0.3, 0.4) is 0 Å². The number of ether oxygens (including phenoxy) is 1. The highest BCUT2D eigenvalue weighted by atomic mass is 16.5. The van der Waals surface area contributed by atoms with Crippen molar-refractivity contribution >= 4 is 16.7 Å². The van der Waals surface area contributed by atoms with Gasteiger partial charge in [-0.05, 0) is 30.4 Å². The van der Waals surface area contributed by atoms with Crippen molar-refractivity contribution in [3.63, 3.8) is 0 Å². The third-order valence-electron chi connectivity index (χ3n) is 4.27. The number of amides is 1. The van der Waals surface area contributed by atoms with Crippen LogP contribution >= 0.6 is 0 Å². The zero-order valence-corrected chi connectivity index (χ0v) is 14.7. The van der Waals surface area contributed by atoms with E-state index >= 15 is 0 Å². The van der Waals surface area contributed by atoms with E-state index in [2.05, 4.69) is 5.32 Å². The molecule has 0 radical (unpaired) electrons. The summed E-state index contributed by atoms with van der Waals surface area (Å²) in [4.78, 5) is 12.5. The molecule has 3 nitrogen and oxygen atoms in total. The summed E-state index contributed by atoms with van der Waals surface area (Å²) in [5.41, 5.74) is 2.29. The van der Waals surface area contributed by atoms with Gasteiger partial charge in [-0.15, -0.1) is 0 Å². The normalized spacial score (nSPS) is 11.9. The molecule has 0 aliphatic heterocycles. The molecular weight excluding hydrogens is 310 g/mol. The Morgan fingerprint density at radius 2 is 1.72 bits per heavy atom. The van der Waals surface area contributed by atoms with Gasteiger partial charge >= 0.3 is 0 Å². The van der Waals surface area contributed by atoms with E-state index in [1.807, 2.05) is 80.6 Å². The predicted molar refractivity (Wildman–Crippen MR) is 102 cm³/mol. The van der Waals surface area contributed by atoms with E-state index < -0.39 is 6.10 Å². The van der Waals surface area contributed by atoms with Crippen molar-refractivity contribution < 1.29 is 9.53 Å². The third-order valence-corrected chi connectivity index (χ3v) is 4.27. The van der Waals surface area contributed by atoms with Crippen molar-refractivity contribution in [1.29, 1.82) is 0 Å². The maximum atomic E-state index is 12.5. The number of nitrogens with one attached hydrogen (secondary N) is 1. The van der Waals surface area contributed by atoms with Crippen molar-refractivity contribution in [2.24, 2.45) is 0 Å². The van der Waals surface area contributed by atoms with Gasteiger partial charge in [-0.1, -0.05) is 73.2 Å². The summed E-state index contributed by atoms with van der Waals surface area (Å²) in [7, 11) is 0. The van der Waals surface area contributed by atoms with Gasteiger partial charge in [0.1, 0.15) is 5.75 Å². The quantitative estimate of drug-likeness (QED) is 0.715. The van der Waals surface area contributed by atoms with Crippen molar-refractivity contribution in [3.8, 4) is 5.75 Å². The Bertz CT molecular complexity index is 850. The number of fused-ring (bicyclic) bond motifs is 1. The fourth-order valence-corrected chi connectivity index (χ4v) is 2.78. The lowest BCUT2D eigenvalue weighted by atomic mass is 10.1. The highest BCUT2D eigenvalue weighted by Gasteiger charge is 2.19. The van der Waals surface area contributed by atoms with Crippen LogP contribution in [0.5, 0.6) is 5.75 Å². The molecule has 0 unspecified atom stereocenters. The molecule has 25 heavy (non-hydrogen) atoms. The van der Waals surface area contributed by atoms with E-state index in [9.17, 15) is 4.79 Å². The maximum Gasteiger partial charge on any atom is 0.261 e. The molecular formula is C22H23NO2. The number of hydrogen-bond donors (Lipinski definition) is 1. The number of carbonyl (C=O) groups excluding carboxylic acids is 1. The molecule has 0 saturated carbocycles. The van der Waals surface area contributed by atoms with E-state index in [0.717, 1.165) is 22.1 Å². The summed E-state index contributed by atoms with van der Waals surface area (Å²) in [6, 6.07) is 22.1. The SMILES string of the molecule is CC[C@H](Oc1cccc2ccccc12)C(=O)NCc1ccc(C)cc1. The van der Waals surface area contributed by atoms with Gasteiger partial charge in [0.15, 0.2) is 6.10 Å². The van der Waals surface area contributed by atoms with E-state index in [1.54, 1.807) is 0 Å². The van der Waals surface area contributed by atoms with Crippen LogP contribution in [0.25, 0.3) is 10.8 Å². The van der Waals surface area contributed by atoms with Gasteiger partial charge in [0.2, 0.25) is 0 Å². The summed E-state index contributed by atoms with van der Waals surface area (Å²) in [6.07, 6.45) is 0.111. The second-order valence-corrected chi connectivity index (χ2v) is 6.20. The van der Waals surface area contributed by atoms with Crippen molar-refractivity contribution in [2.45, 2.75) is 32.9 Å². The topological polar surface area (TPSA) is 38.3 Å². The number of benzene rings is 3. The van der Waals surface area contributed by atoms with Crippen molar-refractivity contribution in [3.05, 3.63) is 77.9 Å². The number of aryl methyl sites for hydroxylation is 1. The number of rotatable bonds is 6. The Labute approximate surface area is 148 Å². The molecule has 128 valence electrons. The second kappa shape index (κ2) is 7.84. The summed E-state index contributed by atoms with van der Waals surface area (Å²) in [5, 5.41) is 5.10. The predicted octanol–water partition coefficient (Wildman–Crippen LogP) is 4.62. The van der Waals surface area contributed by atoms with Gasteiger partial charge in [-0.3, -0.25) is 4.79 Å². The minimum absolute atomic E-state index is 0.0870. The van der Waals surface area contributed by atoms with Gasteiger partial charge in [0.05, 0.1) is 0 Å². The van der Waals surface area contributed by atoms with Crippen LogP contribution in [-0.2, 0) is 11.3 Å². The van der Waals surface area contributed by atoms with Crippen LogP contribution in [0.15, 0.2) is 66.7 Å². The lowest BCUT2D eigenvalue weighted by Crippen LogP contribution is -2.37. The minimum Gasteiger partial charge on any atom is -0.480 e. The van der Waals surface area contributed by atoms with E-state index in [4.69, 9.17) is 4.74 Å². The maximum absolute atomic E-state index is 12.5. The van der Waals surface area contributed by atoms with Crippen LogP contribution in [0.4, 0.5) is 0 Å². The lowest BCUT2D eigenvalue weighted by molar-refractivity contribution is -0.128. The fraction of sp³-hybridized carbons (Fsp3) is 0.227. The van der Waals surface area contributed by atoms with E-state index in [0.29, 0.717) is 13.0 Å². The van der Waals surface area contributed by atoms with E-state index in [-0.39, 0.29) is 5.91 Å². The molecule has 0 spiro atoms. The summed E-state index contributed by atoms with van der Waals surface area (Å²) < 4.78 is 6.03. The smallest absolute Gasteiger partial charge is 0.261 e. The standard InChI is InChI=1S/C22H23NO2/c1-3-20(22(24)23-15-17-13-11-16(2)12-14-17)25-21-10-6-8-18-7-4-5-9-19(18)21/h4-14,20H,3,15H2,1-2H3,(H,23,24)/t20-/m0/s1. The zero-order chi connectivity index (χ0) is 17.6. The van der Waals surface area contributed by atoms with Gasteiger partial charge in [0.25, 0.3) is 5.91 Å². The molecule has 0 heterocycles. The minimum atomic E-state index is -0.503. The average molecular weight is 333 g/mol. The third kappa shape index (κ3) is 4.18. The van der Waals surface area contributed by atoms with Crippen LogP contribution in [0.2, 0.25) is 0 Å². The molecule has 3 aromatic rings. The van der Waals surface area contributed by atoms with Gasteiger partial charge in [-0.2, -0.15) is 0 Å². The second-order valence-electron chi connectivity index (χ2n) is 6.20. The highest BCUT2D eigenvalue weighted by Crippen LogP contribution is 2.26. The molecule has 0 fully saturated rings. The molecule has 3 heteroatoms. The van der Waals surface area contributed by atoms with Crippen molar-refractivity contribution in [2.75, 3.05) is 0 Å². The highest BCUT2D eigenvalue weighted by molar-refractivity contribution is 5.89. The molecule has 0 aliphatic carbocycles. The van der Waals surface area contributed by atoms with Gasteiger partial charge < -0.3 is 10.1 Å². The molecule has 0 aliphatic rings. The van der Waals surface area contributed by atoms with Crippen LogP contribution in [0.1, 0.15) is 24.5 Å². The average Bonchev–Trinajstić information content (AvgIpc) is 2.65. The first-order valence-electron chi connectivity index (χ1n) is 8.65. The van der Waals surface area contributed by atoms with Gasteiger partial charge in [-0.25, -0.2) is 0 Å². The molecule has 0 bridgehead atoms. The summed E-state index contributed by atoms with van der Waals surface area (Å²) in [6.45, 7) is 4.52. The molecule has 1 N–H and O–H groups in total. The number of hydrogen-bond acceptors (Lipinski definition) is 2. The largest absolute Gasteiger partial charge is 0.480 e. The van der Waals surface area contributed by atoms with E-state index in [1.165, 1.54) is 5.56 Å². The lowest BCUT2D eigenvalue weighted by Gasteiger charge is -2.18.